The Labute approximate surface area is 161 Å². The molecule has 0 heterocycles. The van der Waals surface area contributed by atoms with Gasteiger partial charge < -0.3 is 0 Å². The molecule has 0 aromatic heterocycles. The monoisotopic (exact) mass is 369 g/mol. The van der Waals surface area contributed by atoms with Gasteiger partial charge in [-0.25, -0.2) is 4.79 Å². The molecule has 0 aliphatic rings. The van der Waals surface area contributed by atoms with Crippen LogP contribution in [0, 0.1) is 10.8 Å². The first kappa shape index (κ1) is 25.1. The van der Waals surface area contributed by atoms with E-state index in [4.69, 9.17) is 0 Å². The number of carbonyl (C=O) groups excluding carboxylic acids is 1. The van der Waals surface area contributed by atoms with E-state index in [2.05, 4.69) is 24.0 Å². The maximum absolute atomic E-state index is 11.9. The molecule has 1 unspecified atom stereocenters. The van der Waals surface area contributed by atoms with Gasteiger partial charge in [0, 0.05) is 0 Å². The van der Waals surface area contributed by atoms with Crippen molar-refractivity contribution in [1.82, 2.24) is 0 Å². The summed E-state index contributed by atoms with van der Waals surface area (Å²) in [4.78, 5) is 26.5. The van der Waals surface area contributed by atoms with Crippen molar-refractivity contribution in [3.05, 3.63) is 4.91 Å². The van der Waals surface area contributed by atoms with Gasteiger partial charge in [0.2, 0.25) is 0 Å². The van der Waals surface area contributed by atoms with E-state index in [1.54, 1.807) is 0 Å². The minimum absolute atomic E-state index is 0.145. The Kier molecular flexibility index (Phi) is 19.7. The van der Waals surface area contributed by atoms with Gasteiger partial charge in [-0.15, -0.1) is 4.91 Å². The molecule has 0 N–H and O–H groups in total. The minimum Gasteiger partial charge on any atom is -0.284 e. The highest BCUT2D eigenvalue weighted by molar-refractivity contribution is 5.72. The average molecular weight is 370 g/mol. The molecule has 154 valence electrons. The van der Waals surface area contributed by atoms with Crippen LogP contribution in [0.1, 0.15) is 129 Å². The Hall–Kier alpha value is -0.930. The summed E-state index contributed by atoms with van der Waals surface area (Å²) in [6, 6.07) is 0. The minimum atomic E-state index is -0.426. The summed E-state index contributed by atoms with van der Waals surface area (Å²) >= 11 is 0. The van der Waals surface area contributed by atoms with Crippen LogP contribution in [0.4, 0.5) is 0 Å². The number of hydrogen-bond acceptors (Lipinski definition) is 4. The Morgan fingerprint density at radius 2 is 1.00 bits per heavy atom. The Morgan fingerprint density at radius 1 is 0.654 bits per heavy atom. The summed E-state index contributed by atoms with van der Waals surface area (Å²) in [7, 11) is 0. The van der Waals surface area contributed by atoms with E-state index in [9.17, 15) is 9.70 Å². The van der Waals surface area contributed by atoms with Crippen molar-refractivity contribution in [2.45, 2.75) is 129 Å². The number of rotatable bonds is 20. The summed E-state index contributed by atoms with van der Waals surface area (Å²) in [6.07, 6.45) is 21.8. The second-order valence-electron chi connectivity index (χ2n) is 7.71. The zero-order chi connectivity index (χ0) is 19.3. The molecular formula is C22H43NO3. The second kappa shape index (κ2) is 20.4. The van der Waals surface area contributed by atoms with Crippen molar-refractivity contribution < 1.29 is 9.63 Å². The first-order valence-corrected chi connectivity index (χ1v) is 11.3. The van der Waals surface area contributed by atoms with Gasteiger partial charge in [0.1, 0.15) is 0 Å². The lowest BCUT2D eigenvalue weighted by Crippen LogP contribution is -2.15. The molecule has 0 spiro atoms. The molecule has 0 aliphatic carbocycles. The number of nitrogens with zero attached hydrogens (tertiary/aromatic N) is 1. The molecule has 0 amide bonds. The van der Waals surface area contributed by atoms with Crippen LogP contribution in [0.15, 0.2) is 5.34 Å². The number of unbranched alkanes of at least 4 members (excludes halogenated alkanes) is 14. The van der Waals surface area contributed by atoms with Gasteiger partial charge in [-0.3, -0.25) is 4.84 Å². The van der Waals surface area contributed by atoms with Gasteiger partial charge in [-0.1, -0.05) is 117 Å². The molecule has 0 rings (SSSR count). The third-order valence-corrected chi connectivity index (χ3v) is 5.27. The molecule has 0 aromatic rings. The Morgan fingerprint density at radius 3 is 1.35 bits per heavy atom. The van der Waals surface area contributed by atoms with E-state index in [1.165, 1.54) is 83.5 Å². The first-order valence-electron chi connectivity index (χ1n) is 11.3. The topological polar surface area (TPSA) is 55.7 Å². The van der Waals surface area contributed by atoms with Crippen LogP contribution in [0.5, 0.6) is 0 Å². The van der Waals surface area contributed by atoms with Crippen molar-refractivity contribution >= 4 is 5.97 Å². The van der Waals surface area contributed by atoms with Crippen LogP contribution in [-0.4, -0.2) is 5.97 Å². The van der Waals surface area contributed by atoms with Crippen LogP contribution in [-0.2, 0) is 9.63 Å². The zero-order valence-corrected chi connectivity index (χ0v) is 17.5. The van der Waals surface area contributed by atoms with E-state index in [0.29, 0.717) is 0 Å². The van der Waals surface area contributed by atoms with Gasteiger partial charge in [0.15, 0.2) is 5.34 Å². The predicted molar refractivity (Wildman–Crippen MR) is 110 cm³/mol. The maximum atomic E-state index is 11.9. The van der Waals surface area contributed by atoms with Crippen LogP contribution in [0.3, 0.4) is 0 Å². The highest BCUT2D eigenvalue weighted by Crippen LogP contribution is 2.21. The largest absolute Gasteiger partial charge is 0.341 e. The van der Waals surface area contributed by atoms with Crippen molar-refractivity contribution in [2.24, 2.45) is 11.3 Å². The molecule has 0 radical (unpaired) electrons. The van der Waals surface area contributed by atoms with Gasteiger partial charge in [0.25, 0.3) is 0 Å². The fourth-order valence-electron chi connectivity index (χ4n) is 3.54. The fourth-order valence-corrected chi connectivity index (χ4v) is 3.54. The SMILES string of the molecule is CCCCCCCCCCCCC(CCCCCCCC)C(=O)ON=O. The van der Waals surface area contributed by atoms with Crippen LogP contribution in [0.2, 0.25) is 0 Å². The molecule has 0 saturated carbocycles. The summed E-state index contributed by atoms with van der Waals surface area (Å²) in [5, 5.41) is 2.33. The summed E-state index contributed by atoms with van der Waals surface area (Å²) in [5.41, 5.74) is 0. The predicted octanol–water partition coefficient (Wildman–Crippen LogP) is 7.89. The highest BCUT2D eigenvalue weighted by Gasteiger charge is 2.20. The third kappa shape index (κ3) is 16.5. The smallest absolute Gasteiger partial charge is 0.284 e. The molecule has 0 fully saturated rings. The molecule has 0 aliphatic heterocycles. The van der Waals surface area contributed by atoms with Crippen LogP contribution >= 0.6 is 0 Å². The van der Waals surface area contributed by atoms with Gasteiger partial charge in [-0.2, -0.15) is 0 Å². The first-order chi connectivity index (χ1) is 12.8. The van der Waals surface area contributed by atoms with E-state index >= 15 is 0 Å². The zero-order valence-electron chi connectivity index (χ0n) is 17.5. The molecule has 0 bridgehead atoms. The second-order valence-corrected chi connectivity index (χ2v) is 7.71. The quantitative estimate of drug-likeness (QED) is 0.124. The van der Waals surface area contributed by atoms with Crippen molar-refractivity contribution in [2.75, 3.05) is 0 Å². The molecule has 4 heteroatoms. The lowest BCUT2D eigenvalue weighted by Gasteiger charge is -2.13. The molecule has 4 nitrogen and oxygen atoms in total. The van der Waals surface area contributed by atoms with E-state index in [1.807, 2.05) is 0 Å². The van der Waals surface area contributed by atoms with Gasteiger partial charge in [-0.05, 0) is 12.8 Å². The van der Waals surface area contributed by atoms with Crippen molar-refractivity contribution in [3.8, 4) is 0 Å². The fraction of sp³-hybridized carbons (Fsp3) is 0.955. The molecule has 0 saturated heterocycles. The summed E-state index contributed by atoms with van der Waals surface area (Å²) in [6.45, 7) is 4.46. The summed E-state index contributed by atoms with van der Waals surface area (Å²) < 4.78 is 0. The van der Waals surface area contributed by atoms with E-state index in [0.717, 1.165) is 32.1 Å². The van der Waals surface area contributed by atoms with Crippen molar-refractivity contribution in [1.29, 1.82) is 0 Å². The molecule has 1 atom stereocenters. The highest BCUT2D eigenvalue weighted by atomic mass is 16.7. The van der Waals surface area contributed by atoms with E-state index in [-0.39, 0.29) is 5.92 Å². The van der Waals surface area contributed by atoms with Crippen LogP contribution in [0.25, 0.3) is 0 Å². The van der Waals surface area contributed by atoms with Gasteiger partial charge >= 0.3 is 5.97 Å². The molecular weight excluding hydrogens is 326 g/mol. The third-order valence-electron chi connectivity index (χ3n) is 5.27. The number of hydrogen-bond donors (Lipinski definition) is 0. The Balaban J connectivity index is 3.73. The normalized spacial score (nSPS) is 12.1. The van der Waals surface area contributed by atoms with E-state index < -0.39 is 5.97 Å². The molecule has 26 heavy (non-hydrogen) atoms. The van der Waals surface area contributed by atoms with Crippen molar-refractivity contribution in [3.63, 3.8) is 0 Å². The lowest BCUT2D eigenvalue weighted by atomic mass is 9.94. The van der Waals surface area contributed by atoms with Crippen LogP contribution < -0.4 is 0 Å². The standard InChI is InChI=1S/C22H43NO3/c1-3-5-7-9-11-12-13-14-16-18-20-21(22(24)26-23-25)19-17-15-10-8-6-4-2/h21H,3-20H2,1-2H3. The number of carbonyl (C=O) groups is 1. The maximum Gasteiger partial charge on any atom is 0.341 e. The molecule has 0 aromatic carbocycles. The van der Waals surface area contributed by atoms with Gasteiger partial charge in [0.05, 0.1) is 5.92 Å². The lowest BCUT2D eigenvalue weighted by molar-refractivity contribution is -0.149. The Bertz CT molecular complexity index is 321. The summed E-state index contributed by atoms with van der Waals surface area (Å²) in [5.74, 6) is -0.572. The average Bonchev–Trinajstić information content (AvgIpc) is 2.64.